The molecule has 3 N–H and O–H groups in total. The standard InChI is InChI=1S/C17H22F2N4O3/c18-17(19)6-4-9(5-7-17)23-14-12(8-20-23)15(24)22-13(21-14)10-2-1-3-11(10)16(25)26/h8-11,16,25-26H,1-7H2,(H,21,22,24). The van der Waals surface area contributed by atoms with Gasteiger partial charge < -0.3 is 15.2 Å². The minimum Gasteiger partial charge on any atom is -0.368 e. The molecule has 9 heteroatoms. The van der Waals surface area contributed by atoms with Gasteiger partial charge in [-0.25, -0.2) is 18.4 Å². The molecule has 7 nitrogen and oxygen atoms in total. The number of nitrogens with zero attached hydrogens (tertiary/aromatic N) is 3. The summed E-state index contributed by atoms with van der Waals surface area (Å²) in [7, 11) is 0. The molecule has 0 spiro atoms. The average Bonchev–Trinajstić information content (AvgIpc) is 3.21. The topological polar surface area (TPSA) is 104 Å². The van der Waals surface area contributed by atoms with Crippen molar-refractivity contribution in [2.75, 3.05) is 0 Å². The van der Waals surface area contributed by atoms with E-state index in [4.69, 9.17) is 0 Å². The largest absolute Gasteiger partial charge is 0.368 e. The van der Waals surface area contributed by atoms with Gasteiger partial charge in [0.15, 0.2) is 11.9 Å². The fourth-order valence-corrected chi connectivity index (χ4v) is 4.35. The van der Waals surface area contributed by atoms with Gasteiger partial charge in [0.2, 0.25) is 5.92 Å². The Morgan fingerprint density at radius 3 is 2.65 bits per heavy atom. The lowest BCUT2D eigenvalue weighted by atomic mass is 9.92. The van der Waals surface area contributed by atoms with Crippen molar-refractivity contribution in [2.24, 2.45) is 5.92 Å². The summed E-state index contributed by atoms with van der Waals surface area (Å²) in [6.07, 6.45) is 2.32. The Morgan fingerprint density at radius 1 is 1.23 bits per heavy atom. The van der Waals surface area contributed by atoms with Crippen molar-refractivity contribution in [3.63, 3.8) is 0 Å². The molecule has 26 heavy (non-hydrogen) atoms. The maximum Gasteiger partial charge on any atom is 0.262 e. The second-order valence-electron chi connectivity index (χ2n) is 7.48. The van der Waals surface area contributed by atoms with Gasteiger partial charge in [-0.15, -0.1) is 0 Å². The van der Waals surface area contributed by atoms with E-state index >= 15 is 0 Å². The Hall–Kier alpha value is -1.87. The van der Waals surface area contributed by atoms with Crippen molar-refractivity contribution in [1.82, 2.24) is 19.7 Å². The van der Waals surface area contributed by atoms with Gasteiger partial charge in [-0.3, -0.25) is 4.79 Å². The van der Waals surface area contributed by atoms with Gasteiger partial charge >= 0.3 is 0 Å². The number of aliphatic hydroxyl groups is 2. The van der Waals surface area contributed by atoms with Crippen LogP contribution in [0.1, 0.15) is 62.7 Å². The first-order chi connectivity index (χ1) is 12.4. The summed E-state index contributed by atoms with van der Waals surface area (Å²) in [6.45, 7) is 0. The number of aromatic amines is 1. The number of aromatic nitrogens is 4. The third kappa shape index (κ3) is 3.03. The normalized spacial score (nSPS) is 26.8. The molecule has 2 aliphatic rings. The number of aliphatic hydroxyl groups excluding tert-OH is 1. The van der Waals surface area contributed by atoms with Crippen LogP contribution in [0.15, 0.2) is 11.0 Å². The Balaban J connectivity index is 1.71. The molecule has 142 valence electrons. The molecule has 2 saturated carbocycles. The van der Waals surface area contributed by atoms with Crippen LogP contribution in [-0.4, -0.2) is 42.2 Å². The minimum atomic E-state index is -2.64. The number of nitrogens with one attached hydrogen (secondary N) is 1. The van der Waals surface area contributed by atoms with E-state index in [2.05, 4.69) is 15.1 Å². The van der Waals surface area contributed by atoms with Crippen LogP contribution >= 0.6 is 0 Å². The van der Waals surface area contributed by atoms with Crippen molar-refractivity contribution in [3.05, 3.63) is 22.4 Å². The van der Waals surface area contributed by atoms with E-state index in [1.54, 1.807) is 4.68 Å². The number of rotatable bonds is 3. The molecule has 2 aromatic heterocycles. The molecule has 0 aromatic carbocycles. The first-order valence-corrected chi connectivity index (χ1v) is 9.07. The summed E-state index contributed by atoms with van der Waals surface area (Å²) in [5, 5.41) is 23.7. The highest BCUT2D eigenvalue weighted by atomic mass is 19.3. The lowest BCUT2D eigenvalue weighted by Gasteiger charge is -2.28. The van der Waals surface area contributed by atoms with Gasteiger partial charge in [-0.2, -0.15) is 5.10 Å². The lowest BCUT2D eigenvalue weighted by molar-refractivity contribution is -0.0866. The summed E-state index contributed by atoms with van der Waals surface area (Å²) in [6, 6.07) is -0.211. The van der Waals surface area contributed by atoms with Crippen molar-refractivity contribution in [1.29, 1.82) is 0 Å². The second-order valence-corrected chi connectivity index (χ2v) is 7.48. The lowest BCUT2D eigenvalue weighted by Crippen LogP contribution is -2.28. The van der Waals surface area contributed by atoms with E-state index in [1.165, 1.54) is 6.20 Å². The van der Waals surface area contributed by atoms with Crippen LogP contribution in [0.4, 0.5) is 8.78 Å². The Bertz CT molecular complexity index is 853. The molecule has 0 bridgehead atoms. The van der Waals surface area contributed by atoms with Gasteiger partial charge in [0, 0.05) is 24.7 Å². The number of halogens is 2. The monoisotopic (exact) mass is 368 g/mol. The average molecular weight is 368 g/mol. The maximum absolute atomic E-state index is 13.4. The summed E-state index contributed by atoms with van der Waals surface area (Å²) in [4.78, 5) is 19.7. The second kappa shape index (κ2) is 6.38. The predicted octanol–water partition coefficient (Wildman–Crippen LogP) is 2.06. The highest BCUT2D eigenvalue weighted by Gasteiger charge is 2.37. The van der Waals surface area contributed by atoms with Crippen molar-refractivity contribution >= 4 is 11.0 Å². The zero-order chi connectivity index (χ0) is 18.5. The number of hydrogen-bond donors (Lipinski definition) is 3. The molecular formula is C17H22F2N4O3. The van der Waals surface area contributed by atoms with Crippen LogP contribution in [0.3, 0.4) is 0 Å². The van der Waals surface area contributed by atoms with Crippen LogP contribution in [0.2, 0.25) is 0 Å². The number of alkyl halides is 2. The van der Waals surface area contributed by atoms with Crippen LogP contribution in [0.25, 0.3) is 11.0 Å². The molecule has 2 atom stereocenters. The maximum atomic E-state index is 13.4. The molecule has 2 aromatic rings. The summed E-state index contributed by atoms with van der Waals surface area (Å²) in [5.41, 5.74) is 0.0486. The molecule has 2 unspecified atom stereocenters. The van der Waals surface area contributed by atoms with Gasteiger partial charge in [0.25, 0.3) is 5.56 Å². The van der Waals surface area contributed by atoms with E-state index in [0.29, 0.717) is 29.7 Å². The molecule has 0 radical (unpaired) electrons. The zero-order valence-corrected chi connectivity index (χ0v) is 14.2. The molecular weight excluding hydrogens is 346 g/mol. The molecule has 2 fully saturated rings. The fraction of sp³-hybridized carbons (Fsp3) is 0.706. The summed E-state index contributed by atoms with van der Waals surface area (Å²) >= 11 is 0. The van der Waals surface area contributed by atoms with E-state index in [0.717, 1.165) is 6.42 Å². The summed E-state index contributed by atoms with van der Waals surface area (Å²) < 4.78 is 28.5. The van der Waals surface area contributed by atoms with Crippen LogP contribution in [0, 0.1) is 5.92 Å². The van der Waals surface area contributed by atoms with Crippen LogP contribution in [0.5, 0.6) is 0 Å². The zero-order valence-electron chi connectivity index (χ0n) is 14.2. The fourth-order valence-electron chi connectivity index (χ4n) is 4.35. The molecule has 0 saturated heterocycles. The van der Waals surface area contributed by atoms with Crippen molar-refractivity contribution in [3.8, 4) is 0 Å². The third-order valence-corrected chi connectivity index (χ3v) is 5.82. The van der Waals surface area contributed by atoms with Gasteiger partial charge in [-0.05, 0) is 25.7 Å². The van der Waals surface area contributed by atoms with Crippen molar-refractivity contribution in [2.45, 2.75) is 69.1 Å². The van der Waals surface area contributed by atoms with Gasteiger partial charge in [0.05, 0.1) is 12.2 Å². The number of hydrogen-bond acceptors (Lipinski definition) is 5. The molecule has 2 heterocycles. The molecule has 2 aliphatic carbocycles. The Morgan fingerprint density at radius 2 is 1.96 bits per heavy atom. The Kier molecular flexibility index (Phi) is 4.31. The van der Waals surface area contributed by atoms with Crippen molar-refractivity contribution < 1.29 is 19.0 Å². The van der Waals surface area contributed by atoms with Gasteiger partial charge in [0.1, 0.15) is 11.2 Å². The van der Waals surface area contributed by atoms with Crippen LogP contribution < -0.4 is 5.56 Å². The van der Waals surface area contributed by atoms with Crippen LogP contribution in [-0.2, 0) is 0 Å². The highest BCUT2D eigenvalue weighted by Crippen LogP contribution is 2.41. The molecule has 0 aliphatic heterocycles. The van der Waals surface area contributed by atoms with E-state index in [9.17, 15) is 23.8 Å². The quantitative estimate of drug-likeness (QED) is 0.720. The minimum absolute atomic E-state index is 0.198. The Labute approximate surface area is 148 Å². The van der Waals surface area contributed by atoms with E-state index < -0.39 is 12.2 Å². The molecule has 0 amide bonds. The van der Waals surface area contributed by atoms with E-state index in [-0.39, 0.29) is 49.1 Å². The molecule has 4 rings (SSSR count). The SMILES string of the molecule is O=c1[nH]c(C2CCCC2C(O)O)nc2c1cnn2C1CCC(F)(F)CC1. The number of H-pyrrole nitrogens is 1. The predicted molar refractivity (Wildman–Crippen MR) is 88.9 cm³/mol. The first kappa shape index (κ1) is 17.5. The summed E-state index contributed by atoms with van der Waals surface area (Å²) in [5.74, 6) is -2.84. The highest BCUT2D eigenvalue weighted by molar-refractivity contribution is 5.73. The number of fused-ring (bicyclic) bond motifs is 1. The van der Waals surface area contributed by atoms with Gasteiger partial charge in [-0.1, -0.05) is 6.42 Å². The third-order valence-electron chi connectivity index (χ3n) is 5.82. The van der Waals surface area contributed by atoms with E-state index in [1.807, 2.05) is 0 Å². The first-order valence-electron chi connectivity index (χ1n) is 9.07. The smallest absolute Gasteiger partial charge is 0.262 e.